The normalized spacial score (nSPS) is 47.4. The second-order valence-corrected chi connectivity index (χ2v) is 9.16. The van der Waals surface area contributed by atoms with Gasteiger partial charge in [0.15, 0.2) is 23.4 Å². The van der Waals surface area contributed by atoms with Crippen LogP contribution in [0.3, 0.4) is 0 Å². The quantitative estimate of drug-likeness (QED) is 0.789. The van der Waals surface area contributed by atoms with Crippen LogP contribution >= 0.6 is 0 Å². The summed E-state index contributed by atoms with van der Waals surface area (Å²) in [4.78, 5) is 12.9. The number of phenols is 1. The Bertz CT molecular complexity index is 945. The van der Waals surface area contributed by atoms with Gasteiger partial charge >= 0.3 is 0 Å². The maximum absolute atomic E-state index is 12.9. The Hall–Kier alpha value is -1.59. The third kappa shape index (κ3) is 1.55. The first-order chi connectivity index (χ1) is 13.6. The highest BCUT2D eigenvalue weighted by Crippen LogP contribution is 2.65. The number of quaternary nitrogens is 1. The van der Waals surface area contributed by atoms with E-state index < -0.39 is 30.1 Å². The molecule has 2 saturated carbocycles. The Morgan fingerprint density at radius 1 is 1.38 bits per heavy atom. The Balaban J connectivity index is 1.62. The molecule has 138 valence electrons. The SMILES string of the molecule is [2H]C([2H])([2H])[N+]1(CC2CC2)CC[C@]23c4c5ccc(O)c4O[C@H]2C(=O)CC[C@@]3(O)[C@@H]1C5. The maximum atomic E-state index is 12.9. The predicted molar refractivity (Wildman–Crippen MR) is 94.1 cm³/mol. The van der Waals surface area contributed by atoms with Crippen LogP contribution in [0.1, 0.15) is 47.3 Å². The summed E-state index contributed by atoms with van der Waals surface area (Å²) in [6, 6.07) is 2.88. The number of aromatic hydroxyl groups is 1. The number of likely N-dealkylation sites (N-methyl/N-ethyl adjacent to an activating group) is 1. The van der Waals surface area contributed by atoms with E-state index >= 15 is 0 Å². The van der Waals surface area contributed by atoms with Gasteiger partial charge in [-0.1, -0.05) is 6.07 Å². The number of hydrogen-bond donors (Lipinski definition) is 2. The van der Waals surface area contributed by atoms with Crippen molar-refractivity contribution in [3.05, 3.63) is 23.3 Å². The monoisotopic (exact) mass is 359 g/mol. The molecule has 1 aromatic carbocycles. The highest BCUT2D eigenvalue weighted by Gasteiger charge is 2.76. The van der Waals surface area contributed by atoms with Gasteiger partial charge < -0.3 is 19.4 Å². The van der Waals surface area contributed by atoms with Gasteiger partial charge in [0.1, 0.15) is 11.6 Å². The number of aliphatic hydroxyl groups is 1. The molecule has 5 atom stereocenters. The van der Waals surface area contributed by atoms with Crippen LogP contribution in [0, 0.1) is 5.92 Å². The van der Waals surface area contributed by atoms with E-state index in [2.05, 4.69) is 0 Å². The van der Waals surface area contributed by atoms with E-state index in [-0.39, 0.29) is 28.9 Å². The molecule has 6 rings (SSSR count). The molecule has 0 aromatic heterocycles. The van der Waals surface area contributed by atoms with Crippen molar-refractivity contribution in [3.63, 3.8) is 0 Å². The number of ketones is 1. The molecule has 1 spiro atoms. The lowest BCUT2D eigenvalue weighted by Crippen LogP contribution is -2.80. The lowest BCUT2D eigenvalue weighted by molar-refractivity contribution is -0.950. The number of carbonyl (C=O) groups is 1. The third-order valence-corrected chi connectivity index (χ3v) is 7.92. The van der Waals surface area contributed by atoms with Gasteiger partial charge in [-0.05, 0) is 30.9 Å². The number of hydrogen-bond acceptors (Lipinski definition) is 4. The van der Waals surface area contributed by atoms with Crippen LogP contribution in [0.2, 0.25) is 0 Å². The summed E-state index contributed by atoms with van der Waals surface area (Å²) in [6.45, 7) is -1.29. The minimum atomic E-state index is -2.24. The number of carbonyl (C=O) groups excluding carboxylic acids is 1. The molecule has 2 N–H and O–H groups in total. The van der Waals surface area contributed by atoms with Gasteiger partial charge in [-0.2, -0.15) is 0 Å². The number of nitrogens with zero attached hydrogens (tertiary/aromatic N) is 1. The fourth-order valence-corrected chi connectivity index (χ4v) is 6.60. The smallest absolute Gasteiger partial charge is 0.174 e. The Morgan fingerprint density at radius 2 is 2.23 bits per heavy atom. The fourth-order valence-electron chi connectivity index (χ4n) is 6.60. The summed E-state index contributed by atoms with van der Waals surface area (Å²) in [7, 11) is 0. The predicted octanol–water partition coefficient (Wildman–Crippen LogP) is 1.67. The molecule has 1 unspecified atom stereocenters. The van der Waals surface area contributed by atoms with Gasteiger partial charge in [0, 0.05) is 30.7 Å². The zero-order chi connectivity index (χ0) is 20.4. The molecule has 1 aromatic rings. The van der Waals surface area contributed by atoms with E-state index in [4.69, 9.17) is 8.85 Å². The molecule has 0 amide bonds. The van der Waals surface area contributed by atoms with Gasteiger partial charge in [-0.15, -0.1) is 0 Å². The minimum absolute atomic E-state index is 0.0127. The highest BCUT2D eigenvalue weighted by atomic mass is 16.5. The van der Waals surface area contributed by atoms with E-state index in [0.717, 1.165) is 24.0 Å². The van der Waals surface area contributed by atoms with Crippen molar-refractivity contribution in [1.29, 1.82) is 0 Å². The molecule has 1 saturated heterocycles. The average Bonchev–Trinajstić information content (AvgIpc) is 3.38. The number of likely N-dealkylation sites (tertiary alicyclic amines) is 1. The van der Waals surface area contributed by atoms with Crippen molar-refractivity contribution in [1.82, 2.24) is 0 Å². The van der Waals surface area contributed by atoms with Crippen LogP contribution in [-0.2, 0) is 16.6 Å². The van der Waals surface area contributed by atoms with Crippen LogP contribution in [-0.4, -0.2) is 58.3 Å². The summed E-state index contributed by atoms with van der Waals surface area (Å²) >= 11 is 0. The first kappa shape index (κ1) is 12.7. The second-order valence-electron chi connectivity index (χ2n) is 9.16. The van der Waals surface area contributed by atoms with Gasteiger partial charge in [0.2, 0.25) is 0 Å². The first-order valence-electron chi connectivity index (χ1n) is 11.3. The lowest BCUT2D eigenvalue weighted by atomic mass is 9.48. The van der Waals surface area contributed by atoms with Crippen molar-refractivity contribution in [2.45, 2.75) is 61.7 Å². The van der Waals surface area contributed by atoms with Gasteiger partial charge in [-0.3, -0.25) is 4.79 Å². The van der Waals surface area contributed by atoms with Crippen molar-refractivity contribution >= 4 is 5.78 Å². The van der Waals surface area contributed by atoms with Crippen LogP contribution in [0.25, 0.3) is 0 Å². The molecule has 26 heavy (non-hydrogen) atoms. The number of Topliss-reactive ketones (excluding diaryl/α,β-unsaturated/α-hetero) is 1. The van der Waals surface area contributed by atoms with Crippen molar-refractivity contribution in [3.8, 4) is 11.5 Å². The fraction of sp³-hybridized carbons (Fsp3) is 0.667. The van der Waals surface area contributed by atoms with E-state index in [1.807, 2.05) is 6.07 Å². The van der Waals surface area contributed by atoms with Crippen LogP contribution in [0.15, 0.2) is 12.1 Å². The molecule has 5 heteroatoms. The van der Waals surface area contributed by atoms with E-state index in [9.17, 15) is 15.0 Å². The second kappa shape index (κ2) is 4.45. The van der Waals surface area contributed by atoms with Crippen molar-refractivity contribution in [2.24, 2.45) is 5.92 Å². The summed E-state index contributed by atoms with van der Waals surface area (Å²) in [5.74, 6) is 0.635. The topological polar surface area (TPSA) is 66.8 Å². The standard InChI is InChI=1S/C21H25NO4/c1-22(11-12-2-3-12)9-8-20-17-13-4-5-14(23)18(17)26-19(20)15(24)6-7-21(20,25)16(22)10-13/h4-5,12,16,19,25H,2-3,6-11H2,1H3/p+1/t16-,19-,20-,21+,22?/m0/s1/i1D3. The molecule has 2 aliphatic heterocycles. The lowest BCUT2D eigenvalue weighted by Gasteiger charge is -2.64. The van der Waals surface area contributed by atoms with Crippen LogP contribution < -0.4 is 4.74 Å². The number of phenolic OH excluding ortho intramolecular Hbond substituents is 1. The van der Waals surface area contributed by atoms with E-state index in [0.29, 0.717) is 37.6 Å². The number of benzene rings is 1. The third-order valence-electron chi connectivity index (χ3n) is 7.92. The molecule has 5 nitrogen and oxygen atoms in total. The Labute approximate surface area is 157 Å². The Kier molecular flexibility index (Phi) is 2.18. The first-order valence-corrected chi connectivity index (χ1v) is 9.78. The number of piperidine rings is 1. The molecule has 3 aliphatic carbocycles. The van der Waals surface area contributed by atoms with Gasteiger partial charge in [0.25, 0.3) is 0 Å². The van der Waals surface area contributed by atoms with Crippen LogP contribution in [0.4, 0.5) is 0 Å². The molecule has 0 radical (unpaired) electrons. The van der Waals surface area contributed by atoms with Gasteiger partial charge in [0.05, 0.1) is 29.6 Å². The van der Waals surface area contributed by atoms with E-state index in [1.165, 1.54) is 0 Å². The average molecular weight is 359 g/mol. The summed E-state index contributed by atoms with van der Waals surface area (Å²) in [6.07, 6.45) is 2.49. The van der Waals surface area contributed by atoms with Gasteiger partial charge in [-0.25, -0.2) is 0 Å². The zero-order valence-corrected chi connectivity index (χ0v) is 14.7. The zero-order valence-electron chi connectivity index (χ0n) is 17.7. The largest absolute Gasteiger partial charge is 0.504 e. The summed E-state index contributed by atoms with van der Waals surface area (Å²) in [5.41, 5.74) is -0.624. The molecule has 3 fully saturated rings. The van der Waals surface area contributed by atoms with E-state index in [1.54, 1.807) is 6.07 Å². The molecule has 2 bridgehead atoms. The van der Waals surface area contributed by atoms with Crippen molar-refractivity contribution in [2.75, 3.05) is 20.1 Å². The summed E-state index contributed by atoms with van der Waals surface area (Å²) < 4.78 is 31.4. The number of ether oxygens (including phenoxy) is 1. The highest BCUT2D eigenvalue weighted by molar-refractivity contribution is 5.90. The van der Waals surface area contributed by atoms with Crippen LogP contribution in [0.5, 0.6) is 11.5 Å². The molecular formula is C21H26NO4+. The Morgan fingerprint density at radius 3 is 3.00 bits per heavy atom. The van der Waals surface area contributed by atoms with Crippen molar-refractivity contribution < 1.29 is 28.3 Å². The summed E-state index contributed by atoms with van der Waals surface area (Å²) in [5, 5.41) is 22.7. The minimum Gasteiger partial charge on any atom is -0.504 e. The number of rotatable bonds is 2. The maximum Gasteiger partial charge on any atom is 0.174 e. The molecule has 2 heterocycles. The molecular weight excluding hydrogens is 330 g/mol. The molecule has 5 aliphatic rings.